The molecule has 0 bridgehead atoms. The highest BCUT2D eigenvalue weighted by molar-refractivity contribution is 6.35. The molecule has 3 heteroatoms. The van der Waals surface area contributed by atoms with Gasteiger partial charge in [0.2, 0.25) is 0 Å². The van der Waals surface area contributed by atoms with Crippen LogP contribution in [0.2, 0.25) is 5.02 Å². The van der Waals surface area contributed by atoms with Gasteiger partial charge in [-0.15, -0.1) is 0 Å². The number of hydrogen-bond donors (Lipinski definition) is 1. The number of pyridine rings is 1. The first-order valence-electron chi connectivity index (χ1n) is 3.79. The van der Waals surface area contributed by atoms with Crippen LogP contribution in [0.25, 0.3) is 11.0 Å². The average Bonchev–Trinajstić information content (AvgIpc) is 2.33. The van der Waals surface area contributed by atoms with Crippen molar-refractivity contribution in [3.63, 3.8) is 0 Å². The molecule has 0 fully saturated rings. The van der Waals surface area contributed by atoms with E-state index in [1.807, 2.05) is 26.1 Å². The van der Waals surface area contributed by atoms with Crippen molar-refractivity contribution in [3.8, 4) is 0 Å². The van der Waals surface area contributed by atoms with Crippen molar-refractivity contribution in [2.24, 2.45) is 0 Å². The Labute approximate surface area is 75.6 Å². The van der Waals surface area contributed by atoms with Gasteiger partial charge in [0.05, 0.1) is 16.1 Å². The summed E-state index contributed by atoms with van der Waals surface area (Å²) in [6.45, 7) is 3.96. The summed E-state index contributed by atoms with van der Waals surface area (Å²) in [5.74, 6) is 0. The van der Waals surface area contributed by atoms with Gasteiger partial charge in [0.1, 0.15) is 0 Å². The van der Waals surface area contributed by atoms with Crippen LogP contribution in [0.15, 0.2) is 12.3 Å². The molecule has 1 N–H and O–H groups in total. The molecule has 0 unspecified atom stereocenters. The molecule has 62 valence electrons. The lowest BCUT2D eigenvalue weighted by atomic mass is 10.3. The van der Waals surface area contributed by atoms with E-state index in [1.54, 1.807) is 0 Å². The zero-order chi connectivity index (χ0) is 8.72. The van der Waals surface area contributed by atoms with Crippen LogP contribution in [0.1, 0.15) is 11.3 Å². The van der Waals surface area contributed by atoms with Crippen LogP contribution in [0.4, 0.5) is 0 Å². The van der Waals surface area contributed by atoms with E-state index < -0.39 is 0 Å². The number of aromatic nitrogens is 2. The first kappa shape index (κ1) is 7.62. The summed E-state index contributed by atoms with van der Waals surface area (Å²) in [5.41, 5.74) is 3.99. The largest absolute Gasteiger partial charge is 0.358 e. The third kappa shape index (κ3) is 0.994. The zero-order valence-electron chi connectivity index (χ0n) is 6.98. The third-order valence-electron chi connectivity index (χ3n) is 1.91. The Hall–Kier alpha value is -1.02. The fourth-order valence-electron chi connectivity index (χ4n) is 1.30. The number of nitrogens with one attached hydrogen (secondary N) is 1. The number of aryl methyl sites for hydroxylation is 2. The third-order valence-corrected chi connectivity index (χ3v) is 2.20. The van der Waals surface area contributed by atoms with Gasteiger partial charge in [0, 0.05) is 11.9 Å². The summed E-state index contributed by atoms with van der Waals surface area (Å²) in [6.07, 6.45) is 1.92. The molecule has 0 amide bonds. The van der Waals surface area contributed by atoms with Gasteiger partial charge in [0.25, 0.3) is 0 Å². The van der Waals surface area contributed by atoms with E-state index in [0.717, 1.165) is 27.3 Å². The molecule has 2 aromatic heterocycles. The number of aromatic amines is 1. The van der Waals surface area contributed by atoms with Gasteiger partial charge in [-0.1, -0.05) is 11.6 Å². The highest BCUT2D eigenvalue weighted by Crippen LogP contribution is 2.23. The molecule has 0 aromatic carbocycles. The summed E-state index contributed by atoms with van der Waals surface area (Å²) < 4.78 is 0. The van der Waals surface area contributed by atoms with Crippen molar-refractivity contribution in [1.29, 1.82) is 0 Å². The van der Waals surface area contributed by atoms with Crippen LogP contribution in [0, 0.1) is 13.8 Å². The maximum absolute atomic E-state index is 6.00. The molecular formula is C9H9ClN2. The number of hydrogen-bond acceptors (Lipinski definition) is 1. The normalized spacial score (nSPS) is 10.9. The number of H-pyrrole nitrogens is 1. The topological polar surface area (TPSA) is 28.7 Å². The van der Waals surface area contributed by atoms with Crippen molar-refractivity contribution in [3.05, 3.63) is 28.5 Å². The predicted octanol–water partition coefficient (Wildman–Crippen LogP) is 2.83. The van der Waals surface area contributed by atoms with Gasteiger partial charge in [-0.25, -0.2) is 0 Å². The molecule has 0 aliphatic heterocycles. The van der Waals surface area contributed by atoms with Crippen molar-refractivity contribution >= 4 is 22.6 Å². The first-order valence-corrected chi connectivity index (χ1v) is 4.17. The molecule has 0 aliphatic rings. The highest BCUT2D eigenvalue weighted by atomic mass is 35.5. The Morgan fingerprint density at radius 1 is 1.42 bits per heavy atom. The molecular weight excluding hydrogens is 172 g/mol. The van der Waals surface area contributed by atoms with Crippen LogP contribution >= 0.6 is 11.6 Å². The first-order chi connectivity index (χ1) is 5.68. The maximum Gasteiger partial charge on any atom is 0.0926 e. The molecule has 0 atom stereocenters. The van der Waals surface area contributed by atoms with Crippen LogP contribution in [-0.2, 0) is 0 Å². The van der Waals surface area contributed by atoms with E-state index in [2.05, 4.69) is 9.97 Å². The summed E-state index contributed by atoms with van der Waals surface area (Å²) in [5, 5.41) is 0.741. The molecule has 2 heterocycles. The predicted molar refractivity (Wildman–Crippen MR) is 50.6 cm³/mol. The molecule has 0 aliphatic carbocycles. The minimum absolute atomic E-state index is 0.741. The number of nitrogens with zero attached hydrogens (tertiary/aromatic N) is 1. The van der Waals surface area contributed by atoms with E-state index in [1.165, 1.54) is 0 Å². The van der Waals surface area contributed by atoms with Crippen LogP contribution in [0.5, 0.6) is 0 Å². The molecule has 0 saturated heterocycles. The second kappa shape index (κ2) is 2.49. The second-order valence-electron chi connectivity index (χ2n) is 2.94. The lowest BCUT2D eigenvalue weighted by Gasteiger charge is -1.96. The minimum atomic E-state index is 0.741. The quantitative estimate of drug-likeness (QED) is 0.664. The van der Waals surface area contributed by atoms with E-state index >= 15 is 0 Å². The zero-order valence-corrected chi connectivity index (χ0v) is 7.74. The number of halogens is 1. The summed E-state index contributed by atoms with van der Waals surface area (Å²) in [4.78, 5) is 7.47. The summed E-state index contributed by atoms with van der Waals surface area (Å²) in [7, 11) is 0. The molecule has 0 spiro atoms. The summed E-state index contributed by atoms with van der Waals surface area (Å²) >= 11 is 6.00. The highest BCUT2D eigenvalue weighted by Gasteiger charge is 2.05. The van der Waals surface area contributed by atoms with E-state index in [-0.39, 0.29) is 0 Å². The lowest BCUT2D eigenvalue weighted by Crippen LogP contribution is -1.82. The summed E-state index contributed by atoms with van der Waals surface area (Å²) in [6, 6.07) is 1.86. The smallest absolute Gasteiger partial charge is 0.0926 e. The van der Waals surface area contributed by atoms with E-state index in [9.17, 15) is 0 Å². The fourth-order valence-corrected chi connectivity index (χ4v) is 1.61. The monoisotopic (exact) mass is 180 g/mol. The Kier molecular flexibility index (Phi) is 1.58. The van der Waals surface area contributed by atoms with Gasteiger partial charge in [-0.3, -0.25) is 4.98 Å². The Balaban J connectivity index is 2.92. The Bertz CT molecular complexity index is 431. The van der Waals surface area contributed by atoms with Gasteiger partial charge >= 0.3 is 0 Å². The van der Waals surface area contributed by atoms with Crippen molar-refractivity contribution in [2.75, 3.05) is 0 Å². The van der Waals surface area contributed by atoms with Gasteiger partial charge in [-0.05, 0) is 25.5 Å². The standard InChI is InChI=1S/C9H9ClN2/c1-5-4-11-9-7(10)3-6(2)12-8(5)9/h3-4,11H,1-2H3. The van der Waals surface area contributed by atoms with Crippen molar-refractivity contribution in [2.45, 2.75) is 13.8 Å². The number of rotatable bonds is 0. The van der Waals surface area contributed by atoms with E-state index in [0.29, 0.717) is 0 Å². The minimum Gasteiger partial charge on any atom is -0.358 e. The van der Waals surface area contributed by atoms with Crippen LogP contribution < -0.4 is 0 Å². The van der Waals surface area contributed by atoms with Gasteiger partial charge in [-0.2, -0.15) is 0 Å². The average molecular weight is 181 g/mol. The second-order valence-corrected chi connectivity index (χ2v) is 3.35. The molecule has 0 saturated carbocycles. The fraction of sp³-hybridized carbons (Fsp3) is 0.222. The molecule has 2 rings (SSSR count). The molecule has 2 nitrogen and oxygen atoms in total. The Morgan fingerprint density at radius 3 is 2.92 bits per heavy atom. The van der Waals surface area contributed by atoms with Crippen LogP contribution in [0.3, 0.4) is 0 Å². The van der Waals surface area contributed by atoms with Crippen LogP contribution in [-0.4, -0.2) is 9.97 Å². The lowest BCUT2D eigenvalue weighted by molar-refractivity contribution is 1.25. The van der Waals surface area contributed by atoms with E-state index in [4.69, 9.17) is 11.6 Å². The SMILES string of the molecule is Cc1cc(Cl)c2[nH]cc(C)c2n1. The Morgan fingerprint density at radius 2 is 2.17 bits per heavy atom. The maximum atomic E-state index is 6.00. The molecule has 2 aromatic rings. The molecule has 12 heavy (non-hydrogen) atoms. The number of fused-ring (bicyclic) bond motifs is 1. The van der Waals surface area contributed by atoms with Gasteiger partial charge in [0.15, 0.2) is 0 Å². The van der Waals surface area contributed by atoms with Gasteiger partial charge < -0.3 is 4.98 Å². The van der Waals surface area contributed by atoms with Crippen molar-refractivity contribution < 1.29 is 0 Å². The van der Waals surface area contributed by atoms with Crippen molar-refractivity contribution in [1.82, 2.24) is 9.97 Å². The molecule has 0 radical (unpaired) electrons.